The molecule has 0 saturated carbocycles. The maximum Gasteiger partial charge on any atom is 0.334 e. The first-order valence-electron chi connectivity index (χ1n) is 19.4. The number of nitrogens with one attached hydrogen (secondary N) is 1. The van der Waals surface area contributed by atoms with Crippen LogP contribution in [0.1, 0.15) is 87.0 Å². The maximum absolute atomic E-state index is 14.6. The fraction of sp³-hybridized carbons (Fsp3) is 0.571. The summed E-state index contributed by atoms with van der Waals surface area (Å²) in [4.78, 5) is 27.8. The number of phenolic OH excluding ortho intramolecular Hbond substituents is 1. The van der Waals surface area contributed by atoms with Gasteiger partial charge in [0.1, 0.15) is 12.2 Å². The van der Waals surface area contributed by atoms with Crippen molar-refractivity contribution in [1.82, 2.24) is 5.32 Å². The minimum absolute atomic E-state index is 0.0393. The van der Waals surface area contributed by atoms with Crippen LogP contribution in [0, 0.1) is 5.92 Å². The van der Waals surface area contributed by atoms with Crippen LogP contribution in [-0.2, 0) is 36.6 Å². The maximum atomic E-state index is 14.6. The van der Waals surface area contributed by atoms with E-state index in [2.05, 4.69) is 12.2 Å². The Kier molecular flexibility index (Phi) is 14.9. The number of aliphatic hydroxyl groups excluding tert-OH is 4. The third-order valence-electron chi connectivity index (χ3n) is 10.8. The van der Waals surface area contributed by atoms with Gasteiger partial charge in [-0.05, 0) is 97.4 Å². The number of esters is 2. The third kappa shape index (κ3) is 10.3. The topological polar surface area (TPSA) is 204 Å². The summed E-state index contributed by atoms with van der Waals surface area (Å²) >= 11 is 0. The van der Waals surface area contributed by atoms with Crippen LogP contribution >= 0.6 is 0 Å². The molecule has 1 aliphatic carbocycles. The summed E-state index contributed by atoms with van der Waals surface area (Å²) in [6, 6.07) is 9.89. The fourth-order valence-electron chi connectivity index (χ4n) is 7.82. The number of carbonyl (C=O) groups is 2. The lowest BCUT2D eigenvalue weighted by molar-refractivity contribution is -0.333. The van der Waals surface area contributed by atoms with Crippen molar-refractivity contribution in [3.05, 3.63) is 76.4 Å². The number of methoxy groups -OCH3 is 1. The van der Waals surface area contributed by atoms with E-state index in [1.54, 1.807) is 31.2 Å². The molecule has 0 unspecified atom stereocenters. The van der Waals surface area contributed by atoms with Gasteiger partial charge in [0.25, 0.3) is 0 Å². The van der Waals surface area contributed by atoms with Crippen LogP contribution in [0.3, 0.4) is 0 Å². The SMILES string of the molecule is CCCCCCC(=O)O[C@@H]1[C@@H](O)[C@H]2O[C@](O)(C=C[C@@H]2NC[C@H](C)O)[C@@H]1OC(=O)/C(=C/c1ccc(O)c(OC)c1)C[C@@H]1c2cc(CCO)ccc2CC[C@@H]1CO. The monoisotopic (exact) mass is 767 g/mol. The molecule has 13 nitrogen and oxygen atoms in total. The molecule has 2 bridgehead atoms. The van der Waals surface area contributed by atoms with Crippen LogP contribution < -0.4 is 10.1 Å². The number of phenols is 1. The van der Waals surface area contributed by atoms with Crippen molar-refractivity contribution in [2.24, 2.45) is 5.92 Å². The highest BCUT2D eigenvalue weighted by Crippen LogP contribution is 2.43. The zero-order valence-corrected chi connectivity index (χ0v) is 31.9. The molecular formula is C42H57NO12. The number of benzene rings is 2. The zero-order valence-electron chi connectivity index (χ0n) is 31.9. The molecule has 0 amide bonds. The summed E-state index contributed by atoms with van der Waals surface area (Å²) in [7, 11) is 1.40. The molecule has 2 heterocycles. The molecule has 2 aliphatic heterocycles. The number of aliphatic hydroxyl groups is 5. The molecular weight excluding hydrogens is 710 g/mol. The van der Waals surface area contributed by atoms with Gasteiger partial charge in [0.05, 0.1) is 19.3 Å². The van der Waals surface area contributed by atoms with E-state index in [0.29, 0.717) is 24.8 Å². The smallest absolute Gasteiger partial charge is 0.334 e. The van der Waals surface area contributed by atoms with Gasteiger partial charge in [-0.25, -0.2) is 4.79 Å². The third-order valence-corrected chi connectivity index (χ3v) is 10.8. The Hall–Kier alpha value is -3.82. The number of rotatable bonds is 18. The van der Waals surface area contributed by atoms with Gasteiger partial charge in [-0.1, -0.05) is 56.5 Å². The quantitative estimate of drug-likeness (QED) is 0.0505. The van der Waals surface area contributed by atoms with Crippen LogP contribution in [0.15, 0.2) is 54.1 Å². The summed E-state index contributed by atoms with van der Waals surface area (Å²) in [5.74, 6) is -4.31. The number of unbranched alkanes of at least 4 members (excludes halogenated alkanes) is 3. The van der Waals surface area contributed by atoms with Gasteiger partial charge < -0.3 is 54.9 Å². The summed E-state index contributed by atoms with van der Waals surface area (Å²) < 4.78 is 23.3. The molecule has 2 aromatic rings. The second-order valence-electron chi connectivity index (χ2n) is 15.0. The average Bonchev–Trinajstić information content (AvgIpc) is 3.17. The first kappa shape index (κ1) is 42.3. The lowest BCUT2D eigenvalue weighted by atomic mass is 9.72. The van der Waals surface area contributed by atoms with Crippen LogP contribution in [0.2, 0.25) is 0 Å². The highest BCUT2D eigenvalue weighted by molar-refractivity contribution is 5.94. The van der Waals surface area contributed by atoms with Crippen LogP contribution in [-0.4, -0.2) is 112 Å². The molecule has 9 atom stereocenters. The van der Waals surface area contributed by atoms with E-state index in [1.165, 1.54) is 19.3 Å². The fourth-order valence-corrected chi connectivity index (χ4v) is 7.82. The number of carbonyl (C=O) groups excluding carboxylic acids is 2. The number of aromatic hydroxyl groups is 1. The minimum atomic E-state index is -2.30. The molecule has 302 valence electrons. The van der Waals surface area contributed by atoms with Gasteiger partial charge in [0.2, 0.25) is 5.79 Å². The average molecular weight is 768 g/mol. The Balaban J connectivity index is 1.53. The molecule has 13 heteroatoms. The molecule has 5 rings (SSSR count). The van der Waals surface area contributed by atoms with Crippen molar-refractivity contribution in [2.75, 3.05) is 26.9 Å². The molecule has 0 radical (unpaired) electrons. The molecule has 0 aromatic heterocycles. The molecule has 7 N–H and O–H groups in total. The van der Waals surface area contributed by atoms with Crippen molar-refractivity contribution in [3.63, 3.8) is 0 Å². The molecule has 1 saturated heterocycles. The molecule has 1 fully saturated rings. The summed E-state index contributed by atoms with van der Waals surface area (Å²) in [5, 5.41) is 67.1. The van der Waals surface area contributed by atoms with Gasteiger partial charge in [0.15, 0.2) is 23.7 Å². The van der Waals surface area contributed by atoms with Crippen molar-refractivity contribution < 1.29 is 59.2 Å². The van der Waals surface area contributed by atoms with Crippen molar-refractivity contribution in [3.8, 4) is 11.5 Å². The van der Waals surface area contributed by atoms with Crippen molar-refractivity contribution >= 4 is 18.0 Å². The van der Waals surface area contributed by atoms with Gasteiger partial charge in [-0.2, -0.15) is 0 Å². The lowest BCUT2D eigenvalue weighted by Gasteiger charge is -2.51. The van der Waals surface area contributed by atoms with Crippen LogP contribution in [0.5, 0.6) is 11.5 Å². The van der Waals surface area contributed by atoms with E-state index in [0.717, 1.165) is 42.4 Å². The predicted octanol–water partition coefficient (Wildman–Crippen LogP) is 3.20. The number of hydrogen-bond acceptors (Lipinski definition) is 13. The predicted molar refractivity (Wildman–Crippen MR) is 203 cm³/mol. The summed E-state index contributed by atoms with van der Waals surface area (Å²) in [6.45, 7) is 3.62. The number of fused-ring (bicyclic) bond motifs is 3. The largest absolute Gasteiger partial charge is 0.504 e. The van der Waals surface area contributed by atoms with E-state index in [9.17, 15) is 40.2 Å². The Morgan fingerprint density at radius 2 is 1.91 bits per heavy atom. The van der Waals surface area contributed by atoms with Crippen LogP contribution in [0.25, 0.3) is 6.08 Å². The van der Waals surface area contributed by atoms with E-state index in [4.69, 9.17) is 18.9 Å². The van der Waals surface area contributed by atoms with E-state index >= 15 is 0 Å². The minimum Gasteiger partial charge on any atom is -0.504 e. The number of hydrogen-bond donors (Lipinski definition) is 7. The highest BCUT2D eigenvalue weighted by atomic mass is 16.7. The molecule has 0 spiro atoms. The lowest BCUT2D eigenvalue weighted by Crippen LogP contribution is -2.71. The Bertz CT molecular complexity index is 1680. The van der Waals surface area contributed by atoms with Gasteiger partial charge in [0, 0.05) is 31.8 Å². The Morgan fingerprint density at radius 1 is 1.11 bits per heavy atom. The summed E-state index contributed by atoms with van der Waals surface area (Å²) in [6.07, 6.45) is 3.07. The first-order valence-corrected chi connectivity index (χ1v) is 19.4. The van der Waals surface area contributed by atoms with Crippen LogP contribution in [0.4, 0.5) is 0 Å². The normalized spacial score (nSPS) is 27.9. The zero-order chi connectivity index (χ0) is 39.7. The molecule has 3 aliphatic rings. The first-order chi connectivity index (χ1) is 26.4. The molecule has 55 heavy (non-hydrogen) atoms. The second kappa shape index (κ2) is 19.4. The van der Waals surface area contributed by atoms with Gasteiger partial charge in [-0.15, -0.1) is 0 Å². The van der Waals surface area contributed by atoms with E-state index in [1.807, 2.05) is 18.2 Å². The second-order valence-corrected chi connectivity index (χ2v) is 15.0. The number of aryl methyl sites for hydroxylation is 1. The summed E-state index contributed by atoms with van der Waals surface area (Å²) in [5.41, 5.74) is 3.55. The highest BCUT2D eigenvalue weighted by Gasteiger charge is 2.60. The molecule has 2 aromatic carbocycles. The van der Waals surface area contributed by atoms with Crippen molar-refractivity contribution in [1.29, 1.82) is 0 Å². The van der Waals surface area contributed by atoms with E-state index < -0.39 is 54.3 Å². The number of ether oxygens (including phenoxy) is 4. The Morgan fingerprint density at radius 3 is 2.62 bits per heavy atom. The Labute approximate surface area is 322 Å². The van der Waals surface area contributed by atoms with E-state index in [-0.39, 0.29) is 61.5 Å². The van der Waals surface area contributed by atoms with Crippen molar-refractivity contribution in [2.45, 2.75) is 120 Å². The standard InChI is InChI=1S/C42H57NO12/c1-4-5-6-7-8-36(48)53-39-37(49)38-33(43-23-25(2)46)15-17-42(51,55-38)40(39)54-41(50)30(19-27-10-14-34(47)35(21-27)52-3)22-32-29(24-45)13-12-28-11-9-26(16-18-44)20-31(28)32/h9-11,14-15,17,19-21,25,29,32-33,37-40,43-47,49,51H,4-8,12-13,16,18,22-24H2,1-3H3/b30-19+/t25-,29+,32-,33-,37-,38-,39+,40+,42+/m0/s1. The van der Waals surface area contributed by atoms with Gasteiger partial charge in [-0.3, -0.25) is 4.79 Å². The van der Waals surface area contributed by atoms with Gasteiger partial charge >= 0.3 is 11.9 Å².